The highest BCUT2D eigenvalue weighted by Gasteiger charge is 2.12. The average Bonchev–Trinajstić information content (AvgIpc) is 3.04. The Kier molecular flexibility index (Phi) is 1.81. The first-order valence-corrected chi connectivity index (χ1v) is 6.30. The second-order valence-corrected chi connectivity index (χ2v) is 4.92. The minimum Gasteiger partial charge on any atom is -0.282 e. The lowest BCUT2D eigenvalue weighted by Gasteiger charge is -1.90. The highest BCUT2D eigenvalue weighted by molar-refractivity contribution is 7.16. The van der Waals surface area contributed by atoms with E-state index in [2.05, 4.69) is 25.3 Å². The molecule has 7 heteroatoms. The first-order chi connectivity index (χ1) is 8.81. The zero-order chi connectivity index (χ0) is 12.1. The van der Waals surface area contributed by atoms with Gasteiger partial charge in [-0.25, -0.2) is 14.5 Å². The van der Waals surface area contributed by atoms with Gasteiger partial charge in [-0.1, -0.05) is 0 Å². The number of nitrogens with zero attached hydrogens (tertiary/aromatic N) is 5. The molecule has 0 amide bonds. The summed E-state index contributed by atoms with van der Waals surface area (Å²) in [4.78, 5) is 9.84. The molecule has 88 valence electrons. The topological polar surface area (TPSA) is 71.8 Å². The molecule has 0 aliphatic carbocycles. The van der Waals surface area contributed by atoms with Crippen LogP contribution in [0.2, 0.25) is 0 Å². The Labute approximate surface area is 105 Å². The molecule has 0 spiro atoms. The van der Waals surface area contributed by atoms with E-state index in [1.54, 1.807) is 22.2 Å². The maximum absolute atomic E-state index is 4.53. The highest BCUT2D eigenvalue weighted by atomic mass is 32.1. The van der Waals surface area contributed by atoms with E-state index in [1.807, 2.05) is 24.4 Å². The summed E-state index contributed by atoms with van der Waals surface area (Å²) in [5.41, 5.74) is 2.55. The number of hydrogen-bond acceptors (Lipinski definition) is 5. The summed E-state index contributed by atoms with van der Waals surface area (Å²) in [7, 11) is 0. The second kappa shape index (κ2) is 3.36. The molecule has 0 saturated carbocycles. The first-order valence-electron chi connectivity index (χ1n) is 5.42. The van der Waals surface area contributed by atoms with E-state index in [1.165, 1.54) is 0 Å². The Morgan fingerprint density at radius 3 is 3.17 bits per heavy atom. The molecule has 4 aromatic heterocycles. The predicted molar refractivity (Wildman–Crippen MR) is 68.5 cm³/mol. The van der Waals surface area contributed by atoms with Gasteiger partial charge in [-0.2, -0.15) is 5.10 Å². The van der Waals surface area contributed by atoms with Gasteiger partial charge in [-0.15, -0.1) is 16.4 Å². The molecule has 4 aromatic rings. The van der Waals surface area contributed by atoms with Gasteiger partial charge in [0.05, 0.1) is 5.39 Å². The first kappa shape index (κ1) is 9.72. The maximum atomic E-state index is 4.53. The summed E-state index contributed by atoms with van der Waals surface area (Å²) in [6.07, 6.45) is 1.68. The lowest BCUT2D eigenvalue weighted by atomic mass is 10.3. The zero-order valence-corrected chi connectivity index (χ0v) is 10.3. The third kappa shape index (κ3) is 1.28. The van der Waals surface area contributed by atoms with Crippen molar-refractivity contribution in [1.29, 1.82) is 0 Å². The number of H-pyrrole nitrogens is 1. The second-order valence-electron chi connectivity index (χ2n) is 4.02. The fourth-order valence-electron chi connectivity index (χ4n) is 1.91. The van der Waals surface area contributed by atoms with Gasteiger partial charge in [0.15, 0.2) is 5.65 Å². The van der Waals surface area contributed by atoms with E-state index in [0.29, 0.717) is 5.82 Å². The molecule has 6 nitrogen and oxygen atoms in total. The van der Waals surface area contributed by atoms with Crippen molar-refractivity contribution < 1.29 is 0 Å². The highest BCUT2D eigenvalue weighted by Crippen LogP contribution is 2.23. The van der Waals surface area contributed by atoms with Crippen LogP contribution in [0.5, 0.6) is 0 Å². The van der Waals surface area contributed by atoms with E-state index < -0.39 is 0 Å². The van der Waals surface area contributed by atoms with Crippen LogP contribution in [0, 0.1) is 6.92 Å². The van der Waals surface area contributed by atoms with Gasteiger partial charge in [-0.05, 0) is 24.4 Å². The van der Waals surface area contributed by atoms with E-state index in [9.17, 15) is 0 Å². The van der Waals surface area contributed by atoms with Crippen LogP contribution in [0.4, 0.5) is 0 Å². The molecule has 0 aliphatic heterocycles. The lowest BCUT2D eigenvalue weighted by Crippen LogP contribution is -1.88. The molecular formula is C11H8N6S. The Bertz CT molecular complexity index is 855. The monoisotopic (exact) mass is 256 g/mol. The van der Waals surface area contributed by atoms with Crippen LogP contribution < -0.4 is 0 Å². The van der Waals surface area contributed by atoms with Crippen LogP contribution in [0.15, 0.2) is 23.8 Å². The van der Waals surface area contributed by atoms with Gasteiger partial charge >= 0.3 is 0 Å². The molecule has 18 heavy (non-hydrogen) atoms. The molecular weight excluding hydrogens is 248 g/mol. The van der Waals surface area contributed by atoms with Crippen LogP contribution >= 0.6 is 11.3 Å². The number of thiophene rings is 1. The van der Waals surface area contributed by atoms with Crippen LogP contribution in [-0.4, -0.2) is 29.8 Å². The van der Waals surface area contributed by atoms with E-state index in [-0.39, 0.29) is 0 Å². The van der Waals surface area contributed by atoms with Gasteiger partial charge in [0, 0.05) is 5.69 Å². The fourth-order valence-corrected chi connectivity index (χ4v) is 2.63. The molecule has 0 fully saturated rings. The number of hydrogen-bond donors (Lipinski definition) is 1. The molecule has 0 unspecified atom stereocenters. The van der Waals surface area contributed by atoms with E-state index >= 15 is 0 Å². The Balaban J connectivity index is 2.03. The van der Waals surface area contributed by atoms with Gasteiger partial charge in [0.2, 0.25) is 5.82 Å². The van der Waals surface area contributed by atoms with E-state index in [0.717, 1.165) is 27.3 Å². The van der Waals surface area contributed by atoms with Crippen molar-refractivity contribution in [3.63, 3.8) is 0 Å². The minimum absolute atomic E-state index is 0.611. The van der Waals surface area contributed by atoms with Crippen molar-refractivity contribution in [2.24, 2.45) is 0 Å². The molecule has 0 radical (unpaired) electrons. The number of aryl methyl sites for hydroxylation is 1. The standard InChI is InChI=1S/C11H8N6S/c1-6-4-8(15-14-6)9-13-10-7-2-3-18-11(7)12-5-17(10)16-9/h2-5H,1H3,(H,14,15). The van der Waals surface area contributed by atoms with Crippen molar-refractivity contribution in [3.8, 4) is 11.5 Å². The number of nitrogens with one attached hydrogen (secondary N) is 1. The quantitative estimate of drug-likeness (QED) is 0.565. The smallest absolute Gasteiger partial charge is 0.202 e. The molecule has 0 aliphatic rings. The Morgan fingerprint density at radius 2 is 2.33 bits per heavy atom. The fraction of sp³-hybridized carbons (Fsp3) is 0.0909. The van der Waals surface area contributed by atoms with Crippen molar-refractivity contribution in [2.75, 3.05) is 0 Å². The van der Waals surface area contributed by atoms with Crippen molar-refractivity contribution in [3.05, 3.63) is 29.5 Å². The maximum Gasteiger partial charge on any atom is 0.202 e. The average molecular weight is 256 g/mol. The molecule has 0 bridgehead atoms. The van der Waals surface area contributed by atoms with Gasteiger partial charge in [0.25, 0.3) is 0 Å². The van der Waals surface area contributed by atoms with Gasteiger partial charge < -0.3 is 0 Å². The molecule has 0 aromatic carbocycles. The summed E-state index contributed by atoms with van der Waals surface area (Å²) in [5.74, 6) is 0.611. The van der Waals surface area contributed by atoms with Crippen molar-refractivity contribution >= 4 is 27.2 Å². The Morgan fingerprint density at radius 1 is 1.39 bits per heavy atom. The lowest BCUT2D eigenvalue weighted by molar-refractivity contribution is 0.934. The molecule has 4 rings (SSSR count). The van der Waals surface area contributed by atoms with Crippen molar-refractivity contribution in [2.45, 2.75) is 6.92 Å². The third-order valence-electron chi connectivity index (χ3n) is 2.74. The van der Waals surface area contributed by atoms with Crippen LogP contribution in [-0.2, 0) is 0 Å². The SMILES string of the molecule is Cc1cc(-c2nc3c4ccsc4ncn3n2)n[nH]1. The largest absolute Gasteiger partial charge is 0.282 e. The minimum atomic E-state index is 0.611. The summed E-state index contributed by atoms with van der Waals surface area (Å²) in [5, 5.41) is 14.5. The van der Waals surface area contributed by atoms with Crippen LogP contribution in [0.3, 0.4) is 0 Å². The molecule has 4 heterocycles. The molecule has 0 atom stereocenters. The number of fused-ring (bicyclic) bond motifs is 3. The van der Waals surface area contributed by atoms with Gasteiger partial charge in [-0.3, -0.25) is 5.10 Å². The molecule has 0 saturated heterocycles. The van der Waals surface area contributed by atoms with Gasteiger partial charge in [0.1, 0.15) is 16.9 Å². The predicted octanol–water partition coefficient (Wildman–Crippen LogP) is 2.04. The van der Waals surface area contributed by atoms with Crippen LogP contribution in [0.25, 0.3) is 27.4 Å². The van der Waals surface area contributed by atoms with Crippen molar-refractivity contribution in [1.82, 2.24) is 29.8 Å². The number of aromatic nitrogens is 6. The van der Waals surface area contributed by atoms with E-state index in [4.69, 9.17) is 0 Å². The Hall–Kier alpha value is -2.28. The summed E-state index contributed by atoms with van der Waals surface area (Å²) in [6, 6.07) is 3.93. The van der Waals surface area contributed by atoms with Crippen LogP contribution in [0.1, 0.15) is 5.69 Å². The summed E-state index contributed by atoms with van der Waals surface area (Å²) < 4.78 is 1.69. The summed E-state index contributed by atoms with van der Waals surface area (Å²) in [6.45, 7) is 1.95. The molecule has 1 N–H and O–H groups in total. The zero-order valence-electron chi connectivity index (χ0n) is 9.45. The normalized spacial score (nSPS) is 11.6. The number of rotatable bonds is 1. The summed E-state index contributed by atoms with van der Waals surface area (Å²) >= 11 is 1.60. The third-order valence-corrected chi connectivity index (χ3v) is 3.56. The number of aromatic amines is 1.